The Morgan fingerprint density at radius 2 is 2.11 bits per heavy atom. The monoisotopic (exact) mass is 143 g/mol. The summed E-state index contributed by atoms with van der Waals surface area (Å²) in [5.74, 6) is 0. The minimum Gasteiger partial charge on any atom is -0.424 e. The van der Waals surface area contributed by atoms with Gasteiger partial charge in [-0.1, -0.05) is 0 Å². The molecule has 0 heterocycles. The third-order valence-corrected chi connectivity index (χ3v) is 2.37. The molecule has 0 amide bonds. The third-order valence-electron chi connectivity index (χ3n) is 1.66. The van der Waals surface area contributed by atoms with Crippen LogP contribution >= 0.6 is 0 Å². The van der Waals surface area contributed by atoms with Gasteiger partial charge in [0.2, 0.25) is 0 Å². The average Bonchev–Trinajstić information content (AvgIpc) is 1.86. The Labute approximate surface area is 59.4 Å². The van der Waals surface area contributed by atoms with Gasteiger partial charge in [0.15, 0.2) is 0 Å². The smallest absolute Gasteiger partial charge is 0.146 e. The molecule has 0 fully saturated rings. The Morgan fingerprint density at radius 3 is 2.22 bits per heavy atom. The van der Waals surface area contributed by atoms with E-state index in [0.717, 1.165) is 0 Å². The second kappa shape index (κ2) is 2.99. The van der Waals surface area contributed by atoms with Gasteiger partial charge < -0.3 is 4.43 Å². The molecular formula is C6H13NOSi. The first-order valence-corrected chi connectivity index (χ1v) is 3.80. The molecule has 3 heteroatoms. The fourth-order valence-corrected chi connectivity index (χ4v) is 0.975. The summed E-state index contributed by atoms with van der Waals surface area (Å²) >= 11 is 0. The van der Waals surface area contributed by atoms with E-state index >= 15 is 0 Å². The van der Waals surface area contributed by atoms with E-state index in [0.29, 0.717) is 10.5 Å². The summed E-state index contributed by atoms with van der Waals surface area (Å²) in [5, 5.41) is 8.58. The molecule has 0 aromatic carbocycles. The van der Waals surface area contributed by atoms with Crippen molar-refractivity contribution in [3.05, 3.63) is 0 Å². The molecule has 0 saturated carbocycles. The van der Waals surface area contributed by atoms with Crippen molar-refractivity contribution in [3.8, 4) is 6.07 Å². The Morgan fingerprint density at radius 1 is 1.67 bits per heavy atom. The molecule has 0 spiro atoms. The maximum absolute atomic E-state index is 8.58. The lowest BCUT2D eigenvalue weighted by Gasteiger charge is -2.22. The van der Waals surface area contributed by atoms with Crippen molar-refractivity contribution in [2.24, 2.45) is 5.41 Å². The maximum atomic E-state index is 8.58. The van der Waals surface area contributed by atoms with Crippen molar-refractivity contribution in [2.45, 2.75) is 26.9 Å². The van der Waals surface area contributed by atoms with E-state index in [9.17, 15) is 0 Å². The third kappa shape index (κ3) is 2.16. The molecule has 0 aliphatic carbocycles. The quantitative estimate of drug-likeness (QED) is 0.518. The van der Waals surface area contributed by atoms with Crippen molar-refractivity contribution in [2.75, 3.05) is 0 Å². The molecule has 1 unspecified atom stereocenters. The lowest BCUT2D eigenvalue weighted by atomic mass is 9.90. The minimum atomic E-state index is -0.332. The van der Waals surface area contributed by atoms with Crippen LogP contribution in [0.1, 0.15) is 20.8 Å². The number of nitrogens with zero attached hydrogens (tertiary/aromatic N) is 1. The van der Waals surface area contributed by atoms with Gasteiger partial charge in [-0.05, 0) is 20.8 Å². The first kappa shape index (κ1) is 8.67. The highest BCUT2D eigenvalue weighted by atomic mass is 28.2. The Kier molecular flexibility index (Phi) is 2.88. The summed E-state index contributed by atoms with van der Waals surface area (Å²) in [7, 11) is 0.707. The zero-order valence-electron chi connectivity index (χ0n) is 6.43. The fraction of sp³-hybridized carbons (Fsp3) is 0.833. The van der Waals surface area contributed by atoms with Crippen LogP contribution in [-0.2, 0) is 4.43 Å². The van der Waals surface area contributed by atoms with E-state index in [-0.39, 0.29) is 11.5 Å². The van der Waals surface area contributed by atoms with E-state index in [2.05, 4.69) is 6.07 Å². The van der Waals surface area contributed by atoms with Crippen LogP contribution in [0.15, 0.2) is 0 Å². The predicted molar refractivity (Wildman–Crippen MR) is 39.9 cm³/mol. The number of hydrogen-bond donors (Lipinski definition) is 0. The van der Waals surface area contributed by atoms with Crippen molar-refractivity contribution in [1.29, 1.82) is 5.26 Å². The van der Waals surface area contributed by atoms with Crippen molar-refractivity contribution in [1.82, 2.24) is 0 Å². The molecule has 0 aliphatic heterocycles. The molecule has 0 radical (unpaired) electrons. The van der Waals surface area contributed by atoms with E-state index in [1.54, 1.807) is 0 Å². The van der Waals surface area contributed by atoms with Crippen LogP contribution in [0, 0.1) is 16.7 Å². The maximum Gasteiger partial charge on any atom is 0.146 e. The Bertz CT molecular complexity index is 128. The molecule has 0 aromatic heterocycles. The molecule has 0 N–H and O–H groups in total. The largest absolute Gasteiger partial charge is 0.424 e. The highest BCUT2D eigenvalue weighted by Gasteiger charge is 2.24. The second-order valence-corrected chi connectivity index (χ2v) is 3.18. The van der Waals surface area contributed by atoms with Gasteiger partial charge in [-0.25, -0.2) is 0 Å². The van der Waals surface area contributed by atoms with Crippen LogP contribution in [0.25, 0.3) is 0 Å². The first-order chi connectivity index (χ1) is 4.04. The minimum absolute atomic E-state index is 0.0640. The van der Waals surface area contributed by atoms with Gasteiger partial charge in [0.25, 0.3) is 0 Å². The molecule has 1 atom stereocenters. The molecular weight excluding hydrogens is 130 g/mol. The van der Waals surface area contributed by atoms with Crippen molar-refractivity contribution >= 4 is 10.5 Å². The molecule has 0 bridgehead atoms. The van der Waals surface area contributed by atoms with Gasteiger partial charge >= 0.3 is 0 Å². The van der Waals surface area contributed by atoms with Gasteiger partial charge in [-0.2, -0.15) is 5.26 Å². The summed E-state index contributed by atoms with van der Waals surface area (Å²) in [6.07, 6.45) is 0.0640. The predicted octanol–water partition coefficient (Wildman–Crippen LogP) is 0.222. The average molecular weight is 143 g/mol. The highest BCUT2D eigenvalue weighted by molar-refractivity contribution is 5.98. The summed E-state index contributed by atoms with van der Waals surface area (Å²) < 4.78 is 5.12. The summed E-state index contributed by atoms with van der Waals surface area (Å²) in [5.41, 5.74) is -0.332. The summed E-state index contributed by atoms with van der Waals surface area (Å²) in [4.78, 5) is 0. The highest BCUT2D eigenvalue weighted by Crippen LogP contribution is 2.20. The first-order valence-electron chi connectivity index (χ1n) is 2.98. The van der Waals surface area contributed by atoms with E-state index in [1.165, 1.54) is 0 Å². The van der Waals surface area contributed by atoms with Gasteiger partial charge in [-0.15, -0.1) is 0 Å². The van der Waals surface area contributed by atoms with Crippen LogP contribution < -0.4 is 0 Å². The number of nitriles is 1. The van der Waals surface area contributed by atoms with Crippen molar-refractivity contribution in [3.63, 3.8) is 0 Å². The van der Waals surface area contributed by atoms with Crippen LogP contribution in [0.5, 0.6) is 0 Å². The molecule has 0 saturated heterocycles. The topological polar surface area (TPSA) is 33.0 Å². The van der Waals surface area contributed by atoms with Gasteiger partial charge in [0.05, 0.1) is 17.6 Å². The second-order valence-electron chi connectivity index (χ2n) is 2.71. The summed E-state index contributed by atoms with van der Waals surface area (Å²) in [6, 6.07) is 2.19. The van der Waals surface area contributed by atoms with E-state index in [4.69, 9.17) is 9.69 Å². The number of hydrogen-bond acceptors (Lipinski definition) is 2. The lowest BCUT2D eigenvalue weighted by molar-refractivity contribution is 0.142. The SMILES string of the molecule is CC(O[SiH3])C(C)(C)C#N. The molecule has 0 aromatic rings. The summed E-state index contributed by atoms with van der Waals surface area (Å²) in [6.45, 7) is 5.70. The molecule has 0 rings (SSSR count). The Hall–Kier alpha value is -0.333. The van der Waals surface area contributed by atoms with Crippen LogP contribution in [0.3, 0.4) is 0 Å². The van der Waals surface area contributed by atoms with Gasteiger partial charge in [0, 0.05) is 0 Å². The van der Waals surface area contributed by atoms with E-state index < -0.39 is 0 Å². The fourth-order valence-electron chi connectivity index (χ4n) is 0.386. The van der Waals surface area contributed by atoms with Crippen LogP contribution in [0.2, 0.25) is 0 Å². The van der Waals surface area contributed by atoms with Crippen LogP contribution in [0.4, 0.5) is 0 Å². The standard InChI is InChI=1S/C6H13NOSi/c1-5(8-9)6(2,3)4-7/h5H,1-3,9H3. The Balaban J connectivity index is 4.01. The molecule has 0 aliphatic rings. The zero-order chi connectivity index (χ0) is 7.49. The molecule has 9 heavy (non-hydrogen) atoms. The van der Waals surface area contributed by atoms with Crippen molar-refractivity contribution < 1.29 is 4.43 Å². The number of rotatable bonds is 2. The normalized spacial score (nSPS) is 14.9. The van der Waals surface area contributed by atoms with E-state index in [1.807, 2.05) is 20.8 Å². The van der Waals surface area contributed by atoms with Crippen LogP contribution in [-0.4, -0.2) is 16.6 Å². The lowest BCUT2D eigenvalue weighted by Crippen LogP contribution is -2.26. The van der Waals surface area contributed by atoms with Gasteiger partial charge in [-0.3, -0.25) is 0 Å². The van der Waals surface area contributed by atoms with Gasteiger partial charge in [0.1, 0.15) is 10.5 Å². The molecule has 2 nitrogen and oxygen atoms in total. The zero-order valence-corrected chi connectivity index (χ0v) is 8.43. The molecule has 52 valence electrons.